The maximum absolute atomic E-state index is 13.1. The van der Waals surface area contributed by atoms with E-state index in [-0.39, 0.29) is 16.5 Å². The third-order valence-electron chi connectivity index (χ3n) is 3.89. The Labute approximate surface area is 152 Å². The van der Waals surface area contributed by atoms with E-state index in [1.54, 1.807) is 18.2 Å². The molecule has 0 atom stereocenters. The van der Waals surface area contributed by atoms with Gasteiger partial charge in [-0.25, -0.2) is 23.5 Å². The lowest BCUT2D eigenvalue weighted by Gasteiger charge is -2.07. The quantitative estimate of drug-likeness (QED) is 0.732. The molecular formula is C16H14F3N5O2S. The number of sulfonamides is 1. The van der Waals surface area contributed by atoms with Gasteiger partial charge in [-0.1, -0.05) is 12.1 Å². The van der Waals surface area contributed by atoms with Crippen molar-refractivity contribution in [1.29, 1.82) is 0 Å². The SMILES string of the molecule is Cc1ccc(-c2nc(C(F)(F)F)nn2-c2ccc(S(N)(=O)=O)cn2)cc1C. The number of rotatable bonds is 3. The maximum atomic E-state index is 13.1. The van der Waals surface area contributed by atoms with Crippen LogP contribution in [0.25, 0.3) is 17.2 Å². The van der Waals surface area contributed by atoms with Crippen molar-refractivity contribution in [3.63, 3.8) is 0 Å². The molecule has 0 aliphatic carbocycles. The Balaban J connectivity index is 2.19. The second-order valence-corrected chi connectivity index (χ2v) is 7.43. The van der Waals surface area contributed by atoms with E-state index in [0.29, 0.717) is 5.56 Å². The molecule has 0 saturated heterocycles. The van der Waals surface area contributed by atoms with Crippen LogP contribution in [0.4, 0.5) is 13.2 Å². The van der Waals surface area contributed by atoms with Crippen LogP contribution in [-0.4, -0.2) is 28.2 Å². The highest BCUT2D eigenvalue weighted by Gasteiger charge is 2.37. The Bertz CT molecular complexity index is 1110. The van der Waals surface area contributed by atoms with Gasteiger partial charge in [0.25, 0.3) is 5.82 Å². The van der Waals surface area contributed by atoms with Crippen molar-refractivity contribution in [2.75, 3.05) is 0 Å². The number of alkyl halides is 3. The molecule has 3 aromatic rings. The fraction of sp³-hybridized carbons (Fsp3) is 0.188. The first-order valence-corrected chi connectivity index (χ1v) is 9.12. The smallest absolute Gasteiger partial charge is 0.236 e. The molecule has 2 N–H and O–H groups in total. The normalized spacial score (nSPS) is 12.4. The molecule has 0 spiro atoms. The fourth-order valence-electron chi connectivity index (χ4n) is 2.33. The van der Waals surface area contributed by atoms with Crippen molar-refractivity contribution in [2.24, 2.45) is 5.14 Å². The molecule has 0 bridgehead atoms. The van der Waals surface area contributed by atoms with Gasteiger partial charge >= 0.3 is 6.18 Å². The van der Waals surface area contributed by atoms with Crippen molar-refractivity contribution in [2.45, 2.75) is 24.9 Å². The van der Waals surface area contributed by atoms with Crippen LogP contribution in [0.1, 0.15) is 17.0 Å². The number of aryl methyl sites for hydroxylation is 2. The van der Waals surface area contributed by atoms with Gasteiger partial charge in [0.05, 0.1) is 0 Å². The van der Waals surface area contributed by atoms with Crippen LogP contribution in [0, 0.1) is 13.8 Å². The number of benzene rings is 1. The highest BCUT2D eigenvalue weighted by atomic mass is 32.2. The summed E-state index contributed by atoms with van der Waals surface area (Å²) in [7, 11) is -3.98. The van der Waals surface area contributed by atoms with Gasteiger partial charge in [-0.2, -0.15) is 17.9 Å². The van der Waals surface area contributed by atoms with Crippen LogP contribution >= 0.6 is 0 Å². The van der Waals surface area contributed by atoms with E-state index < -0.39 is 22.0 Å². The largest absolute Gasteiger partial charge is 0.453 e. The maximum Gasteiger partial charge on any atom is 0.453 e. The Morgan fingerprint density at radius 1 is 1.07 bits per heavy atom. The van der Waals surface area contributed by atoms with Crippen molar-refractivity contribution < 1.29 is 21.6 Å². The van der Waals surface area contributed by atoms with Gasteiger partial charge in [0.2, 0.25) is 10.0 Å². The van der Waals surface area contributed by atoms with E-state index >= 15 is 0 Å². The van der Waals surface area contributed by atoms with Crippen LogP contribution in [0.15, 0.2) is 41.4 Å². The topological polar surface area (TPSA) is 104 Å². The van der Waals surface area contributed by atoms with Gasteiger partial charge in [0.1, 0.15) is 4.90 Å². The molecule has 1 aromatic carbocycles. The van der Waals surface area contributed by atoms with Gasteiger partial charge < -0.3 is 0 Å². The lowest BCUT2D eigenvalue weighted by atomic mass is 10.1. The van der Waals surface area contributed by atoms with Crippen molar-refractivity contribution >= 4 is 10.0 Å². The molecule has 2 heterocycles. The van der Waals surface area contributed by atoms with Crippen LogP contribution in [0.2, 0.25) is 0 Å². The van der Waals surface area contributed by atoms with Gasteiger partial charge in [0.15, 0.2) is 11.6 Å². The third kappa shape index (κ3) is 3.83. The van der Waals surface area contributed by atoms with Crippen molar-refractivity contribution in [3.05, 3.63) is 53.5 Å². The number of pyridine rings is 1. The number of primary sulfonamides is 1. The second-order valence-electron chi connectivity index (χ2n) is 5.86. The van der Waals surface area contributed by atoms with Gasteiger partial charge in [0, 0.05) is 11.8 Å². The summed E-state index contributed by atoms with van der Waals surface area (Å²) in [6.45, 7) is 3.70. The summed E-state index contributed by atoms with van der Waals surface area (Å²) < 4.78 is 62.9. The summed E-state index contributed by atoms with van der Waals surface area (Å²) in [5.41, 5.74) is 2.25. The minimum atomic E-state index is -4.75. The fourth-order valence-corrected chi connectivity index (χ4v) is 2.78. The molecule has 11 heteroatoms. The summed E-state index contributed by atoms with van der Waals surface area (Å²) in [6.07, 6.45) is -3.80. The summed E-state index contributed by atoms with van der Waals surface area (Å²) in [4.78, 5) is 7.22. The number of halogens is 3. The standard InChI is InChI=1S/C16H14F3N5O2S/c1-9-3-4-11(7-10(9)2)14-22-15(16(17,18)19)23-24(14)13-6-5-12(8-21-13)27(20,25)26/h3-8H,1-2H3,(H2,20,25,26). The summed E-state index contributed by atoms with van der Waals surface area (Å²) in [6, 6.07) is 7.42. The molecule has 7 nitrogen and oxygen atoms in total. The van der Waals surface area contributed by atoms with E-state index in [9.17, 15) is 21.6 Å². The van der Waals surface area contributed by atoms with Gasteiger partial charge in [-0.15, -0.1) is 5.10 Å². The first kappa shape index (κ1) is 19.0. The van der Waals surface area contributed by atoms with Crippen molar-refractivity contribution in [1.82, 2.24) is 19.7 Å². The van der Waals surface area contributed by atoms with Crippen molar-refractivity contribution in [3.8, 4) is 17.2 Å². The van der Waals surface area contributed by atoms with Crippen LogP contribution in [-0.2, 0) is 16.2 Å². The summed E-state index contributed by atoms with van der Waals surface area (Å²) in [5.74, 6) is -1.42. The van der Waals surface area contributed by atoms with E-state index in [4.69, 9.17) is 5.14 Å². The predicted octanol–water partition coefficient (Wildman–Crippen LogP) is 2.61. The minimum Gasteiger partial charge on any atom is -0.236 e. The number of hydrogen-bond donors (Lipinski definition) is 1. The number of aromatic nitrogens is 4. The average Bonchev–Trinajstić information content (AvgIpc) is 3.02. The Morgan fingerprint density at radius 3 is 2.30 bits per heavy atom. The molecule has 0 amide bonds. The molecule has 0 unspecified atom stereocenters. The molecule has 27 heavy (non-hydrogen) atoms. The zero-order valence-corrected chi connectivity index (χ0v) is 15.0. The molecule has 3 rings (SSSR count). The Kier molecular flexibility index (Phi) is 4.52. The lowest BCUT2D eigenvalue weighted by molar-refractivity contribution is -0.144. The molecule has 0 aliphatic rings. The van der Waals surface area contributed by atoms with E-state index in [2.05, 4.69) is 15.1 Å². The molecule has 0 aliphatic heterocycles. The monoisotopic (exact) mass is 397 g/mol. The molecular weight excluding hydrogens is 383 g/mol. The van der Waals surface area contributed by atoms with E-state index in [1.165, 1.54) is 6.07 Å². The molecule has 0 saturated carbocycles. The molecule has 2 aromatic heterocycles. The van der Waals surface area contributed by atoms with Crippen LogP contribution < -0.4 is 5.14 Å². The third-order valence-corrected chi connectivity index (χ3v) is 4.79. The Morgan fingerprint density at radius 2 is 1.78 bits per heavy atom. The summed E-state index contributed by atoms with van der Waals surface area (Å²) >= 11 is 0. The second kappa shape index (κ2) is 6.43. The Hall–Kier alpha value is -2.79. The van der Waals surface area contributed by atoms with E-state index in [0.717, 1.165) is 28.1 Å². The highest BCUT2D eigenvalue weighted by Crippen LogP contribution is 2.30. The van der Waals surface area contributed by atoms with Crippen LogP contribution in [0.3, 0.4) is 0 Å². The average molecular weight is 397 g/mol. The minimum absolute atomic E-state index is 0.0290. The van der Waals surface area contributed by atoms with E-state index in [1.807, 2.05) is 13.8 Å². The van der Waals surface area contributed by atoms with Gasteiger partial charge in [-0.3, -0.25) is 0 Å². The zero-order chi connectivity index (χ0) is 20.0. The number of nitrogens with zero attached hydrogens (tertiary/aromatic N) is 4. The first-order chi connectivity index (χ1) is 12.5. The van der Waals surface area contributed by atoms with Gasteiger partial charge in [-0.05, 0) is 43.2 Å². The first-order valence-electron chi connectivity index (χ1n) is 7.58. The predicted molar refractivity (Wildman–Crippen MR) is 90.4 cm³/mol. The molecule has 0 fully saturated rings. The summed E-state index contributed by atoms with van der Waals surface area (Å²) in [5, 5.41) is 8.52. The highest BCUT2D eigenvalue weighted by molar-refractivity contribution is 7.89. The van der Waals surface area contributed by atoms with Crippen LogP contribution in [0.5, 0.6) is 0 Å². The number of nitrogens with two attached hydrogens (primary N) is 1. The lowest BCUT2D eigenvalue weighted by Crippen LogP contribution is -2.13. The zero-order valence-electron chi connectivity index (χ0n) is 14.2. The number of hydrogen-bond acceptors (Lipinski definition) is 5. The molecule has 0 radical (unpaired) electrons. The molecule has 142 valence electrons.